The molecule has 88 valence electrons. The molecule has 15 heavy (non-hydrogen) atoms. The first-order valence-corrected chi connectivity index (χ1v) is 6.03. The maximum absolute atomic E-state index is 11.7. The first-order chi connectivity index (χ1) is 7.34. The van der Waals surface area contributed by atoms with Crippen LogP contribution in [0.2, 0.25) is 0 Å². The van der Waals surface area contributed by atoms with Gasteiger partial charge in [0.1, 0.15) is 0 Å². The maximum Gasteiger partial charge on any atom is 0.224 e. The van der Waals surface area contributed by atoms with Crippen LogP contribution in [-0.4, -0.2) is 38.6 Å². The minimum Gasteiger partial charge on any atom is -0.355 e. The van der Waals surface area contributed by atoms with Crippen molar-refractivity contribution < 1.29 is 4.79 Å². The Morgan fingerprint density at radius 3 is 2.93 bits per heavy atom. The van der Waals surface area contributed by atoms with E-state index in [0.29, 0.717) is 0 Å². The van der Waals surface area contributed by atoms with Gasteiger partial charge in [-0.25, -0.2) is 0 Å². The second kappa shape index (κ2) is 7.65. The monoisotopic (exact) mass is 213 g/mol. The normalized spacial score (nSPS) is 21.3. The summed E-state index contributed by atoms with van der Waals surface area (Å²) < 4.78 is 0. The number of amides is 1. The molecular weight excluding hydrogens is 190 g/mol. The van der Waals surface area contributed by atoms with Crippen molar-refractivity contribution in [3.8, 4) is 0 Å². The number of carbonyl (C=O) groups excluding carboxylic acids is 1. The van der Waals surface area contributed by atoms with E-state index >= 15 is 0 Å². The standard InChI is InChI=1S/C11H23N3O/c1-2-5-12-7-8-14-11(15)10-4-3-6-13-9-10/h10,12-13H,2-9H2,1H3,(H,14,15). The molecule has 0 spiro atoms. The summed E-state index contributed by atoms with van der Waals surface area (Å²) in [7, 11) is 0. The van der Waals surface area contributed by atoms with Gasteiger partial charge in [0.2, 0.25) is 5.91 Å². The van der Waals surface area contributed by atoms with Gasteiger partial charge in [0, 0.05) is 19.6 Å². The van der Waals surface area contributed by atoms with Crippen LogP contribution < -0.4 is 16.0 Å². The van der Waals surface area contributed by atoms with Crippen LogP contribution in [0.1, 0.15) is 26.2 Å². The van der Waals surface area contributed by atoms with E-state index in [9.17, 15) is 4.79 Å². The first-order valence-electron chi connectivity index (χ1n) is 6.03. The third kappa shape index (κ3) is 5.14. The lowest BCUT2D eigenvalue weighted by Gasteiger charge is -2.21. The minimum atomic E-state index is 0.185. The average molecular weight is 213 g/mol. The average Bonchev–Trinajstić information content (AvgIpc) is 2.30. The molecule has 1 amide bonds. The van der Waals surface area contributed by atoms with Crippen molar-refractivity contribution >= 4 is 5.91 Å². The fraction of sp³-hybridized carbons (Fsp3) is 0.909. The Labute approximate surface area is 92.2 Å². The highest BCUT2D eigenvalue weighted by molar-refractivity contribution is 5.78. The van der Waals surface area contributed by atoms with E-state index in [1.807, 2.05) is 0 Å². The molecule has 1 unspecified atom stereocenters. The van der Waals surface area contributed by atoms with Crippen molar-refractivity contribution in [1.82, 2.24) is 16.0 Å². The molecule has 0 bridgehead atoms. The van der Waals surface area contributed by atoms with Gasteiger partial charge in [0.15, 0.2) is 0 Å². The third-order valence-corrected chi connectivity index (χ3v) is 2.70. The lowest BCUT2D eigenvalue weighted by molar-refractivity contribution is -0.125. The molecule has 1 saturated heterocycles. The van der Waals surface area contributed by atoms with Crippen LogP contribution in [-0.2, 0) is 4.79 Å². The Morgan fingerprint density at radius 2 is 2.27 bits per heavy atom. The van der Waals surface area contributed by atoms with Gasteiger partial charge in [-0.05, 0) is 32.4 Å². The third-order valence-electron chi connectivity index (χ3n) is 2.70. The highest BCUT2D eigenvalue weighted by Gasteiger charge is 2.19. The Morgan fingerprint density at radius 1 is 1.40 bits per heavy atom. The Kier molecular flexibility index (Phi) is 6.36. The van der Waals surface area contributed by atoms with Gasteiger partial charge in [-0.2, -0.15) is 0 Å². The Bertz CT molecular complexity index is 179. The maximum atomic E-state index is 11.7. The Hall–Kier alpha value is -0.610. The number of nitrogens with one attached hydrogen (secondary N) is 3. The van der Waals surface area contributed by atoms with E-state index in [-0.39, 0.29) is 11.8 Å². The molecule has 1 fully saturated rings. The summed E-state index contributed by atoms with van der Waals surface area (Å²) in [5, 5.41) is 9.48. The number of piperidine rings is 1. The molecule has 1 aliphatic rings. The molecule has 0 aliphatic carbocycles. The fourth-order valence-electron chi connectivity index (χ4n) is 1.80. The van der Waals surface area contributed by atoms with Crippen molar-refractivity contribution in [2.75, 3.05) is 32.7 Å². The van der Waals surface area contributed by atoms with Gasteiger partial charge < -0.3 is 16.0 Å². The van der Waals surface area contributed by atoms with Gasteiger partial charge in [-0.3, -0.25) is 4.79 Å². The van der Waals surface area contributed by atoms with Crippen LogP contribution in [0.3, 0.4) is 0 Å². The van der Waals surface area contributed by atoms with E-state index in [2.05, 4.69) is 22.9 Å². The molecule has 0 aromatic heterocycles. The summed E-state index contributed by atoms with van der Waals surface area (Å²) in [6.45, 7) is 6.69. The van der Waals surface area contributed by atoms with Crippen molar-refractivity contribution in [3.05, 3.63) is 0 Å². The molecule has 0 saturated carbocycles. The summed E-state index contributed by atoms with van der Waals surface area (Å²) in [5.74, 6) is 0.394. The summed E-state index contributed by atoms with van der Waals surface area (Å²) in [4.78, 5) is 11.7. The van der Waals surface area contributed by atoms with Crippen molar-refractivity contribution in [3.63, 3.8) is 0 Å². The van der Waals surface area contributed by atoms with E-state index in [1.54, 1.807) is 0 Å². The van der Waals surface area contributed by atoms with Crippen LogP contribution in [0.15, 0.2) is 0 Å². The molecule has 1 atom stereocenters. The summed E-state index contributed by atoms with van der Waals surface area (Å²) in [6.07, 6.45) is 3.29. The second-order valence-corrected chi connectivity index (χ2v) is 4.08. The van der Waals surface area contributed by atoms with Gasteiger partial charge in [0.05, 0.1) is 5.92 Å². The van der Waals surface area contributed by atoms with Gasteiger partial charge in [0.25, 0.3) is 0 Å². The van der Waals surface area contributed by atoms with Crippen LogP contribution >= 0.6 is 0 Å². The van der Waals surface area contributed by atoms with E-state index in [0.717, 1.165) is 52.0 Å². The molecule has 1 rings (SSSR count). The molecule has 0 aromatic carbocycles. The van der Waals surface area contributed by atoms with Crippen LogP contribution in [0.25, 0.3) is 0 Å². The van der Waals surface area contributed by atoms with Crippen molar-refractivity contribution in [1.29, 1.82) is 0 Å². The van der Waals surface area contributed by atoms with E-state index < -0.39 is 0 Å². The SMILES string of the molecule is CCCNCCNC(=O)C1CCCNC1. The quantitative estimate of drug-likeness (QED) is 0.549. The van der Waals surface area contributed by atoms with Crippen molar-refractivity contribution in [2.45, 2.75) is 26.2 Å². The fourth-order valence-corrected chi connectivity index (χ4v) is 1.80. The van der Waals surface area contributed by atoms with Gasteiger partial charge >= 0.3 is 0 Å². The van der Waals surface area contributed by atoms with Gasteiger partial charge in [-0.1, -0.05) is 6.92 Å². The molecule has 1 aliphatic heterocycles. The Balaban J connectivity index is 2.02. The van der Waals surface area contributed by atoms with Crippen molar-refractivity contribution in [2.24, 2.45) is 5.92 Å². The number of rotatable bonds is 6. The summed E-state index contributed by atoms with van der Waals surface area (Å²) in [5.41, 5.74) is 0. The molecular formula is C11H23N3O. The number of carbonyl (C=O) groups is 1. The zero-order valence-electron chi connectivity index (χ0n) is 9.64. The second-order valence-electron chi connectivity index (χ2n) is 4.08. The summed E-state index contributed by atoms with van der Waals surface area (Å²) >= 11 is 0. The molecule has 0 radical (unpaired) electrons. The zero-order valence-corrected chi connectivity index (χ0v) is 9.64. The molecule has 4 heteroatoms. The molecule has 0 aromatic rings. The number of hydrogen-bond donors (Lipinski definition) is 3. The van der Waals surface area contributed by atoms with E-state index in [4.69, 9.17) is 0 Å². The molecule has 4 nitrogen and oxygen atoms in total. The minimum absolute atomic E-state index is 0.185. The van der Waals surface area contributed by atoms with Crippen LogP contribution in [0.4, 0.5) is 0 Å². The highest BCUT2D eigenvalue weighted by atomic mass is 16.1. The van der Waals surface area contributed by atoms with Crippen LogP contribution in [0, 0.1) is 5.92 Å². The predicted molar refractivity (Wildman–Crippen MR) is 61.8 cm³/mol. The van der Waals surface area contributed by atoms with Crippen LogP contribution in [0.5, 0.6) is 0 Å². The number of hydrogen-bond acceptors (Lipinski definition) is 3. The topological polar surface area (TPSA) is 53.2 Å². The lowest BCUT2D eigenvalue weighted by atomic mass is 9.99. The lowest BCUT2D eigenvalue weighted by Crippen LogP contribution is -2.42. The first kappa shape index (κ1) is 12.5. The highest BCUT2D eigenvalue weighted by Crippen LogP contribution is 2.09. The molecule has 1 heterocycles. The zero-order chi connectivity index (χ0) is 10.9. The largest absolute Gasteiger partial charge is 0.355 e. The van der Waals surface area contributed by atoms with Gasteiger partial charge in [-0.15, -0.1) is 0 Å². The predicted octanol–water partition coefficient (Wildman–Crippen LogP) is 0.102. The smallest absolute Gasteiger partial charge is 0.224 e. The molecule has 3 N–H and O–H groups in total. The summed E-state index contributed by atoms with van der Waals surface area (Å²) in [6, 6.07) is 0. The van der Waals surface area contributed by atoms with E-state index in [1.165, 1.54) is 0 Å².